The summed E-state index contributed by atoms with van der Waals surface area (Å²) in [5, 5.41) is 23.7. The molecule has 0 unspecified atom stereocenters. The topological polar surface area (TPSA) is 86.6 Å². The van der Waals surface area contributed by atoms with Gasteiger partial charge in [0.2, 0.25) is 5.78 Å². The maximum atomic E-state index is 13.0. The van der Waals surface area contributed by atoms with Crippen LogP contribution < -0.4 is 5.32 Å². The minimum absolute atomic E-state index is 0.0360. The molecule has 7 atom stereocenters. The largest absolute Gasteiger partial charge is 0.481 e. The lowest BCUT2D eigenvalue weighted by molar-refractivity contribution is -0.164. The number of carbonyl (C=O) groups excluding carboxylic acids is 1. The second-order valence-corrected chi connectivity index (χ2v) is 10.8. The molecule has 4 aliphatic rings. The molecule has 1 aromatic rings. The first kappa shape index (κ1) is 20.7. The van der Waals surface area contributed by atoms with Gasteiger partial charge in [0.15, 0.2) is 0 Å². The number of aliphatic hydroxyl groups excluding tert-OH is 1. The van der Waals surface area contributed by atoms with Gasteiger partial charge in [-0.25, -0.2) is 0 Å². The Kier molecular flexibility index (Phi) is 4.81. The number of nitrogens with one attached hydrogen (secondary N) is 1. The number of hydrogen-bond acceptors (Lipinski definition) is 4. The van der Waals surface area contributed by atoms with Crippen LogP contribution >= 0.6 is 0 Å². The summed E-state index contributed by atoms with van der Waals surface area (Å²) in [5.41, 5.74) is 1.28. The molecule has 5 nitrogen and oxygen atoms in total. The highest BCUT2D eigenvalue weighted by atomic mass is 16.4. The van der Waals surface area contributed by atoms with E-state index in [0.717, 1.165) is 44.2 Å². The van der Waals surface area contributed by atoms with Crippen molar-refractivity contribution in [1.29, 1.82) is 0 Å². The third-order valence-electron chi connectivity index (χ3n) is 9.41. The zero-order valence-electron chi connectivity index (χ0n) is 18.4. The molecule has 1 heterocycles. The van der Waals surface area contributed by atoms with Gasteiger partial charge in [-0.1, -0.05) is 25.1 Å². The van der Waals surface area contributed by atoms with Crippen molar-refractivity contribution in [2.45, 2.75) is 64.9 Å². The summed E-state index contributed by atoms with van der Waals surface area (Å²) in [6.45, 7) is 4.25. The molecule has 0 radical (unpaired) electrons. The number of carboxylic acid groups (broad SMARTS) is 1. The molecular weight excluding hydrogens is 390 g/mol. The second kappa shape index (κ2) is 7.19. The highest BCUT2D eigenvalue weighted by Gasteiger charge is 2.58. The number of benzene rings is 1. The first-order chi connectivity index (χ1) is 14.7. The van der Waals surface area contributed by atoms with Gasteiger partial charge < -0.3 is 15.5 Å². The Morgan fingerprint density at radius 1 is 1.13 bits per heavy atom. The highest BCUT2D eigenvalue weighted by molar-refractivity contribution is 6.18. The lowest BCUT2D eigenvalue weighted by Gasteiger charge is -2.60. The number of carboxylic acids is 1. The van der Waals surface area contributed by atoms with Crippen molar-refractivity contribution in [3.8, 4) is 0 Å². The molecule has 3 aliphatic carbocycles. The van der Waals surface area contributed by atoms with E-state index in [1.807, 2.05) is 37.3 Å². The van der Waals surface area contributed by atoms with Gasteiger partial charge >= 0.3 is 5.97 Å². The number of anilines is 1. The van der Waals surface area contributed by atoms with Gasteiger partial charge in [-0.05, 0) is 93.1 Å². The number of hydrogen-bond donors (Lipinski definition) is 3. The number of fused-ring (bicyclic) bond motifs is 4. The number of Topliss-reactive ketones (excluding diaryl/α,β-unsaturated/α-hetero) is 1. The SMILES string of the molecule is C[C@]12CC[C@@H](O)C[C@H]1CC[C@@H]1[C@@H]2CC[C@](C)(C(=O)O)[C@H]1/C=C1/Nc2ccccc2C1=O. The summed E-state index contributed by atoms with van der Waals surface area (Å²) in [4.78, 5) is 25.5. The van der Waals surface area contributed by atoms with Crippen molar-refractivity contribution in [3.63, 3.8) is 0 Å². The van der Waals surface area contributed by atoms with Crippen molar-refractivity contribution >= 4 is 17.4 Å². The Hall–Kier alpha value is -2.14. The van der Waals surface area contributed by atoms with Gasteiger partial charge in [-0.3, -0.25) is 9.59 Å². The van der Waals surface area contributed by atoms with Crippen LogP contribution in [0.25, 0.3) is 0 Å². The first-order valence-electron chi connectivity index (χ1n) is 11.8. The van der Waals surface area contributed by atoms with E-state index < -0.39 is 11.4 Å². The van der Waals surface area contributed by atoms with Crippen molar-refractivity contribution in [2.24, 2.45) is 34.5 Å². The lowest BCUT2D eigenvalue weighted by Crippen LogP contribution is -2.55. The number of allylic oxidation sites excluding steroid dienone is 2. The summed E-state index contributed by atoms with van der Waals surface area (Å²) < 4.78 is 0. The van der Waals surface area contributed by atoms with Crippen LogP contribution in [0, 0.1) is 34.5 Å². The van der Waals surface area contributed by atoms with Gasteiger partial charge in [0.25, 0.3) is 0 Å². The fraction of sp³-hybridized carbons (Fsp3) is 0.615. The number of carbonyl (C=O) groups is 2. The smallest absolute Gasteiger partial charge is 0.309 e. The Balaban J connectivity index is 1.52. The summed E-state index contributed by atoms with van der Waals surface area (Å²) in [6, 6.07) is 7.48. The summed E-state index contributed by atoms with van der Waals surface area (Å²) >= 11 is 0. The standard InChI is InChI=1S/C26H33NO4/c1-25-11-9-16(28)13-15(25)7-8-17-19(25)10-12-26(2,24(30)31)20(17)14-22-23(29)18-5-3-4-6-21(18)27-22/h3-6,14-17,19-20,27-28H,7-13H2,1-2H3,(H,30,31)/b22-14+/t15-,16-,17-,19+,20+,25+,26+/m1/s1. The van der Waals surface area contributed by atoms with Gasteiger partial charge in [-0.2, -0.15) is 0 Å². The van der Waals surface area contributed by atoms with Crippen LogP contribution in [0.4, 0.5) is 5.69 Å². The maximum absolute atomic E-state index is 13.0. The molecule has 3 saturated carbocycles. The van der Waals surface area contributed by atoms with E-state index in [2.05, 4.69) is 12.2 Å². The molecule has 0 amide bonds. The summed E-state index contributed by atoms with van der Waals surface area (Å²) in [6.07, 6.45) is 8.04. The number of ketones is 1. The third-order valence-corrected chi connectivity index (χ3v) is 9.41. The molecule has 0 bridgehead atoms. The minimum atomic E-state index is -0.873. The predicted octanol–water partition coefficient (Wildman–Crippen LogP) is 4.87. The first-order valence-corrected chi connectivity index (χ1v) is 11.8. The molecule has 31 heavy (non-hydrogen) atoms. The average Bonchev–Trinajstić information content (AvgIpc) is 3.06. The molecule has 0 aromatic heterocycles. The fourth-order valence-electron chi connectivity index (χ4n) is 7.48. The van der Waals surface area contributed by atoms with E-state index in [9.17, 15) is 19.8 Å². The van der Waals surface area contributed by atoms with E-state index >= 15 is 0 Å². The van der Waals surface area contributed by atoms with E-state index in [1.54, 1.807) is 0 Å². The predicted molar refractivity (Wildman–Crippen MR) is 119 cm³/mol. The van der Waals surface area contributed by atoms with Crippen LogP contribution in [0.5, 0.6) is 0 Å². The molecule has 1 aliphatic heterocycles. The Labute approximate surface area is 183 Å². The molecule has 166 valence electrons. The van der Waals surface area contributed by atoms with E-state index in [4.69, 9.17) is 0 Å². The van der Waals surface area contributed by atoms with Crippen LogP contribution in [0.1, 0.15) is 69.2 Å². The minimum Gasteiger partial charge on any atom is -0.481 e. The van der Waals surface area contributed by atoms with Crippen LogP contribution in [0.15, 0.2) is 36.0 Å². The highest BCUT2D eigenvalue weighted by Crippen LogP contribution is 2.63. The molecule has 3 N–H and O–H groups in total. The average molecular weight is 424 g/mol. The number of para-hydroxylation sites is 1. The van der Waals surface area contributed by atoms with Crippen molar-refractivity contribution in [3.05, 3.63) is 41.6 Å². The number of aliphatic carboxylic acids is 1. The second-order valence-electron chi connectivity index (χ2n) is 10.8. The third kappa shape index (κ3) is 3.07. The van der Waals surface area contributed by atoms with Crippen LogP contribution in [0.3, 0.4) is 0 Å². The molecule has 5 rings (SSSR count). The monoisotopic (exact) mass is 423 g/mol. The zero-order chi connectivity index (χ0) is 22.0. The van der Waals surface area contributed by atoms with Gasteiger partial charge in [0.05, 0.1) is 17.2 Å². The quantitative estimate of drug-likeness (QED) is 0.591. The van der Waals surface area contributed by atoms with E-state index in [-0.39, 0.29) is 29.1 Å². The number of rotatable bonds is 2. The number of aliphatic hydroxyl groups is 1. The summed E-state index contributed by atoms with van der Waals surface area (Å²) in [5.74, 6) is 0.210. The Morgan fingerprint density at radius 2 is 1.90 bits per heavy atom. The molecule has 0 saturated heterocycles. The van der Waals surface area contributed by atoms with Gasteiger partial charge in [-0.15, -0.1) is 0 Å². The summed E-state index contributed by atoms with van der Waals surface area (Å²) in [7, 11) is 0. The normalized spacial score (nSPS) is 43.0. The lowest BCUT2D eigenvalue weighted by atomic mass is 9.44. The van der Waals surface area contributed by atoms with Crippen molar-refractivity contribution in [2.75, 3.05) is 5.32 Å². The van der Waals surface area contributed by atoms with Crippen LogP contribution in [-0.4, -0.2) is 28.1 Å². The van der Waals surface area contributed by atoms with Crippen molar-refractivity contribution in [1.82, 2.24) is 0 Å². The molecule has 0 spiro atoms. The maximum Gasteiger partial charge on any atom is 0.309 e. The van der Waals surface area contributed by atoms with Crippen LogP contribution in [-0.2, 0) is 4.79 Å². The Morgan fingerprint density at radius 3 is 2.65 bits per heavy atom. The zero-order valence-corrected chi connectivity index (χ0v) is 18.4. The van der Waals surface area contributed by atoms with Crippen LogP contribution in [0.2, 0.25) is 0 Å². The van der Waals surface area contributed by atoms with E-state index in [1.165, 1.54) is 0 Å². The van der Waals surface area contributed by atoms with E-state index in [0.29, 0.717) is 29.5 Å². The molecule has 5 heteroatoms. The molecule has 3 fully saturated rings. The van der Waals surface area contributed by atoms with Gasteiger partial charge in [0, 0.05) is 11.3 Å². The molecule has 1 aromatic carbocycles. The Bertz CT molecular complexity index is 954. The van der Waals surface area contributed by atoms with Crippen molar-refractivity contribution < 1.29 is 19.8 Å². The van der Waals surface area contributed by atoms with Gasteiger partial charge in [0.1, 0.15) is 0 Å². The molecular formula is C26H33NO4. The fourth-order valence-corrected chi connectivity index (χ4v) is 7.48.